The van der Waals surface area contributed by atoms with Crippen LogP contribution in [0, 0.1) is 20.8 Å². The van der Waals surface area contributed by atoms with E-state index in [0.29, 0.717) is 5.02 Å². The minimum absolute atomic E-state index is 0.657. The van der Waals surface area contributed by atoms with Crippen molar-refractivity contribution in [2.24, 2.45) is 0 Å². The molecule has 2 aromatic carbocycles. The molecule has 0 aliphatic rings. The molecule has 0 aliphatic heterocycles. The largest absolute Gasteiger partial charge is 0.496 e. The van der Waals surface area contributed by atoms with Crippen molar-refractivity contribution in [3.8, 4) is 5.75 Å². The highest BCUT2D eigenvalue weighted by Gasteiger charge is 2.20. The zero-order valence-corrected chi connectivity index (χ0v) is 13.0. The first-order valence-electron chi connectivity index (χ1n) is 6.54. The maximum absolute atomic E-state index is 10.7. The fourth-order valence-corrected chi connectivity index (χ4v) is 2.57. The molecular weight excluding hydrogens is 272 g/mol. The van der Waals surface area contributed by atoms with Crippen molar-refractivity contribution < 1.29 is 9.84 Å². The second kappa shape index (κ2) is 5.86. The van der Waals surface area contributed by atoms with E-state index in [1.165, 1.54) is 0 Å². The van der Waals surface area contributed by atoms with Gasteiger partial charge in [-0.05, 0) is 49.1 Å². The van der Waals surface area contributed by atoms with Gasteiger partial charge in [0.05, 0.1) is 7.11 Å². The minimum Gasteiger partial charge on any atom is -0.496 e. The topological polar surface area (TPSA) is 29.5 Å². The molecule has 20 heavy (non-hydrogen) atoms. The van der Waals surface area contributed by atoms with Crippen LogP contribution in [0.15, 0.2) is 30.3 Å². The maximum Gasteiger partial charge on any atom is 0.128 e. The van der Waals surface area contributed by atoms with Crippen LogP contribution in [0.2, 0.25) is 5.02 Å². The Hall–Kier alpha value is -1.51. The lowest BCUT2D eigenvalue weighted by Crippen LogP contribution is -2.06. The summed E-state index contributed by atoms with van der Waals surface area (Å²) in [6, 6.07) is 9.47. The number of benzene rings is 2. The number of methoxy groups -OCH3 is 1. The summed E-state index contributed by atoms with van der Waals surface area (Å²) in [6.07, 6.45) is -0.747. The van der Waals surface area contributed by atoms with Gasteiger partial charge in [-0.3, -0.25) is 0 Å². The number of halogens is 1. The van der Waals surface area contributed by atoms with Crippen LogP contribution in [0.3, 0.4) is 0 Å². The average molecular weight is 291 g/mol. The van der Waals surface area contributed by atoms with Crippen LogP contribution in [0.25, 0.3) is 0 Å². The predicted octanol–water partition coefficient (Wildman–Crippen LogP) is 4.36. The highest BCUT2D eigenvalue weighted by Crippen LogP contribution is 2.36. The van der Waals surface area contributed by atoms with Gasteiger partial charge >= 0.3 is 0 Å². The summed E-state index contributed by atoms with van der Waals surface area (Å²) in [6.45, 7) is 5.93. The summed E-state index contributed by atoms with van der Waals surface area (Å²) >= 11 is 6.13. The van der Waals surface area contributed by atoms with Gasteiger partial charge in [-0.2, -0.15) is 0 Å². The normalized spacial score (nSPS) is 12.3. The molecule has 0 fully saturated rings. The lowest BCUT2D eigenvalue weighted by Gasteiger charge is -2.20. The SMILES string of the molecule is COc1c(C(O)c2cccc(Cl)c2C)ccc(C)c1C. The average Bonchev–Trinajstić information content (AvgIpc) is 2.44. The van der Waals surface area contributed by atoms with E-state index in [0.717, 1.165) is 33.6 Å². The Morgan fingerprint density at radius 2 is 1.70 bits per heavy atom. The second-order valence-electron chi connectivity index (χ2n) is 4.99. The Morgan fingerprint density at radius 1 is 1.00 bits per heavy atom. The summed E-state index contributed by atoms with van der Waals surface area (Å²) < 4.78 is 5.48. The molecular formula is C17H19ClO2. The van der Waals surface area contributed by atoms with Crippen molar-refractivity contribution in [1.29, 1.82) is 0 Å². The molecule has 2 rings (SSSR count). The minimum atomic E-state index is -0.747. The lowest BCUT2D eigenvalue weighted by atomic mass is 9.94. The Labute approximate surface area is 125 Å². The van der Waals surface area contributed by atoms with E-state index in [-0.39, 0.29) is 0 Å². The van der Waals surface area contributed by atoms with Crippen LogP contribution in [0.5, 0.6) is 5.75 Å². The number of rotatable bonds is 3. The van der Waals surface area contributed by atoms with Gasteiger partial charge in [-0.15, -0.1) is 0 Å². The van der Waals surface area contributed by atoms with Crippen LogP contribution in [-0.4, -0.2) is 12.2 Å². The van der Waals surface area contributed by atoms with Crippen LogP contribution < -0.4 is 4.74 Å². The van der Waals surface area contributed by atoms with Crippen LogP contribution >= 0.6 is 11.6 Å². The summed E-state index contributed by atoms with van der Waals surface area (Å²) in [7, 11) is 1.63. The number of aliphatic hydroxyl groups is 1. The van der Waals surface area contributed by atoms with Gasteiger partial charge in [-0.1, -0.05) is 35.9 Å². The van der Waals surface area contributed by atoms with Crippen LogP contribution in [-0.2, 0) is 0 Å². The van der Waals surface area contributed by atoms with Crippen molar-refractivity contribution in [2.45, 2.75) is 26.9 Å². The molecule has 0 radical (unpaired) electrons. The smallest absolute Gasteiger partial charge is 0.128 e. The Morgan fingerprint density at radius 3 is 2.35 bits per heavy atom. The molecule has 1 atom stereocenters. The van der Waals surface area contributed by atoms with Crippen molar-refractivity contribution in [3.63, 3.8) is 0 Å². The highest BCUT2D eigenvalue weighted by atomic mass is 35.5. The van der Waals surface area contributed by atoms with Gasteiger partial charge in [-0.25, -0.2) is 0 Å². The van der Waals surface area contributed by atoms with E-state index >= 15 is 0 Å². The molecule has 3 heteroatoms. The monoisotopic (exact) mass is 290 g/mol. The zero-order valence-electron chi connectivity index (χ0n) is 12.2. The molecule has 0 spiro atoms. The quantitative estimate of drug-likeness (QED) is 0.910. The number of hydrogen-bond donors (Lipinski definition) is 1. The molecule has 0 amide bonds. The van der Waals surface area contributed by atoms with E-state index in [1.54, 1.807) is 7.11 Å². The lowest BCUT2D eigenvalue weighted by molar-refractivity contribution is 0.213. The summed E-state index contributed by atoms with van der Waals surface area (Å²) in [5, 5.41) is 11.3. The number of hydrogen-bond acceptors (Lipinski definition) is 2. The van der Waals surface area contributed by atoms with Crippen LogP contribution in [0.4, 0.5) is 0 Å². The van der Waals surface area contributed by atoms with E-state index in [4.69, 9.17) is 16.3 Å². The summed E-state index contributed by atoms with van der Waals surface area (Å²) in [5.41, 5.74) is 4.64. The third kappa shape index (κ3) is 2.54. The first-order valence-corrected chi connectivity index (χ1v) is 6.92. The van der Waals surface area contributed by atoms with E-state index in [1.807, 2.05) is 51.1 Å². The van der Waals surface area contributed by atoms with E-state index in [2.05, 4.69) is 0 Å². The second-order valence-corrected chi connectivity index (χ2v) is 5.39. The molecule has 2 nitrogen and oxygen atoms in total. The van der Waals surface area contributed by atoms with Gasteiger partial charge in [0, 0.05) is 10.6 Å². The highest BCUT2D eigenvalue weighted by molar-refractivity contribution is 6.31. The first kappa shape index (κ1) is 14.9. The fourth-order valence-electron chi connectivity index (χ4n) is 2.39. The third-order valence-electron chi connectivity index (χ3n) is 3.81. The number of aryl methyl sites for hydroxylation is 1. The van der Waals surface area contributed by atoms with Gasteiger partial charge in [0.1, 0.15) is 11.9 Å². The Kier molecular flexibility index (Phi) is 4.36. The molecule has 0 aromatic heterocycles. The Bertz CT molecular complexity index is 635. The van der Waals surface area contributed by atoms with Gasteiger partial charge in [0.15, 0.2) is 0 Å². The van der Waals surface area contributed by atoms with Gasteiger partial charge in [0.2, 0.25) is 0 Å². The molecule has 106 valence electrons. The molecule has 0 saturated carbocycles. The van der Waals surface area contributed by atoms with Crippen molar-refractivity contribution in [2.75, 3.05) is 7.11 Å². The molecule has 0 heterocycles. The summed E-state index contributed by atoms with van der Waals surface area (Å²) in [4.78, 5) is 0. The third-order valence-corrected chi connectivity index (χ3v) is 4.22. The first-order chi connectivity index (χ1) is 9.47. The fraction of sp³-hybridized carbons (Fsp3) is 0.294. The molecule has 0 aliphatic carbocycles. The molecule has 2 aromatic rings. The molecule has 0 bridgehead atoms. The number of aliphatic hydroxyl groups excluding tert-OH is 1. The predicted molar refractivity (Wildman–Crippen MR) is 82.7 cm³/mol. The van der Waals surface area contributed by atoms with Crippen molar-refractivity contribution >= 4 is 11.6 Å². The van der Waals surface area contributed by atoms with Gasteiger partial charge < -0.3 is 9.84 Å². The maximum atomic E-state index is 10.7. The Balaban J connectivity index is 2.56. The van der Waals surface area contributed by atoms with Crippen molar-refractivity contribution in [1.82, 2.24) is 0 Å². The zero-order chi connectivity index (χ0) is 14.9. The van der Waals surface area contributed by atoms with Crippen molar-refractivity contribution in [3.05, 3.63) is 63.2 Å². The summed E-state index contributed by atoms with van der Waals surface area (Å²) in [5.74, 6) is 0.733. The number of ether oxygens (including phenoxy) is 1. The van der Waals surface area contributed by atoms with Gasteiger partial charge in [0.25, 0.3) is 0 Å². The molecule has 1 N–H and O–H groups in total. The van der Waals surface area contributed by atoms with E-state index < -0.39 is 6.10 Å². The standard InChI is InChI=1S/C17H19ClO2/c1-10-8-9-14(17(20-4)11(10)2)16(19)13-6-5-7-15(18)12(13)3/h5-9,16,19H,1-4H3. The molecule has 0 saturated heterocycles. The van der Waals surface area contributed by atoms with E-state index in [9.17, 15) is 5.11 Å². The molecule has 1 unspecified atom stereocenters. The van der Waals surface area contributed by atoms with Crippen LogP contribution in [0.1, 0.15) is 33.9 Å².